The van der Waals surface area contributed by atoms with Crippen molar-refractivity contribution in [1.82, 2.24) is 0 Å². The molecule has 2 rings (SSSR count). The Balaban J connectivity index is 2.07. The number of carbonyl (C=O) groups is 1. The molecule has 2 aromatic rings. The molecule has 0 saturated carbocycles. The quantitative estimate of drug-likeness (QED) is 0.639. The number of carbonyl (C=O) groups excluding carboxylic acids is 1. The summed E-state index contributed by atoms with van der Waals surface area (Å²) in [5, 5.41) is 6.65. The van der Waals surface area contributed by atoms with Crippen LogP contribution in [0.15, 0.2) is 40.9 Å². The third-order valence-corrected chi connectivity index (χ3v) is 4.14. The predicted octanol–water partition coefficient (Wildman–Crippen LogP) is 6.05. The van der Waals surface area contributed by atoms with Crippen molar-refractivity contribution in [1.29, 1.82) is 0 Å². The SMILES string of the molecule is O=C(Nc1ccc(Br)c(Cl)c1)Nc1ccc(Cl)cc1Cl. The van der Waals surface area contributed by atoms with Crippen molar-refractivity contribution < 1.29 is 4.79 Å². The van der Waals surface area contributed by atoms with Gasteiger partial charge in [0.15, 0.2) is 0 Å². The van der Waals surface area contributed by atoms with Gasteiger partial charge in [-0.1, -0.05) is 34.8 Å². The van der Waals surface area contributed by atoms with E-state index in [1.807, 2.05) is 0 Å². The molecule has 0 saturated heterocycles. The van der Waals surface area contributed by atoms with Crippen LogP contribution in [0.3, 0.4) is 0 Å². The van der Waals surface area contributed by atoms with Crippen molar-refractivity contribution in [2.75, 3.05) is 10.6 Å². The average molecular weight is 394 g/mol. The fourth-order valence-corrected chi connectivity index (χ4v) is 2.33. The van der Waals surface area contributed by atoms with Gasteiger partial charge < -0.3 is 10.6 Å². The Morgan fingerprint density at radius 1 is 0.950 bits per heavy atom. The molecule has 0 heterocycles. The number of amides is 2. The molecule has 20 heavy (non-hydrogen) atoms. The van der Waals surface area contributed by atoms with Crippen molar-refractivity contribution in [2.45, 2.75) is 0 Å². The van der Waals surface area contributed by atoms with E-state index in [9.17, 15) is 4.79 Å². The highest BCUT2D eigenvalue weighted by Gasteiger charge is 2.07. The highest BCUT2D eigenvalue weighted by atomic mass is 79.9. The molecule has 104 valence electrons. The summed E-state index contributed by atoms with van der Waals surface area (Å²) >= 11 is 21.0. The van der Waals surface area contributed by atoms with E-state index in [0.717, 1.165) is 4.47 Å². The zero-order valence-corrected chi connectivity index (χ0v) is 13.7. The molecule has 0 fully saturated rings. The molecular formula is C13H8BrCl3N2O. The number of hydrogen-bond donors (Lipinski definition) is 2. The molecule has 0 aromatic heterocycles. The van der Waals surface area contributed by atoms with Gasteiger partial charge in [0.05, 0.1) is 15.7 Å². The zero-order chi connectivity index (χ0) is 14.7. The second kappa shape index (κ2) is 6.68. The van der Waals surface area contributed by atoms with Crippen molar-refractivity contribution in [3.8, 4) is 0 Å². The van der Waals surface area contributed by atoms with Crippen LogP contribution < -0.4 is 10.6 Å². The molecule has 2 amide bonds. The fraction of sp³-hybridized carbons (Fsp3) is 0. The lowest BCUT2D eigenvalue weighted by Gasteiger charge is -2.09. The second-order valence-electron chi connectivity index (χ2n) is 3.83. The highest BCUT2D eigenvalue weighted by Crippen LogP contribution is 2.27. The van der Waals surface area contributed by atoms with Gasteiger partial charge in [-0.15, -0.1) is 0 Å². The zero-order valence-electron chi connectivity index (χ0n) is 9.88. The first-order valence-electron chi connectivity index (χ1n) is 5.44. The predicted molar refractivity (Wildman–Crippen MR) is 88.3 cm³/mol. The summed E-state index contributed by atoms with van der Waals surface area (Å²) in [4.78, 5) is 11.8. The monoisotopic (exact) mass is 392 g/mol. The van der Waals surface area contributed by atoms with Crippen LogP contribution >= 0.6 is 50.7 Å². The minimum Gasteiger partial charge on any atom is -0.308 e. The number of benzene rings is 2. The Kier molecular flexibility index (Phi) is 5.16. The Morgan fingerprint density at radius 2 is 1.70 bits per heavy atom. The molecule has 2 N–H and O–H groups in total. The van der Waals surface area contributed by atoms with Gasteiger partial charge in [0, 0.05) is 15.2 Å². The maximum Gasteiger partial charge on any atom is 0.323 e. The average Bonchev–Trinajstić information content (AvgIpc) is 2.37. The van der Waals surface area contributed by atoms with E-state index >= 15 is 0 Å². The molecule has 0 bridgehead atoms. The van der Waals surface area contributed by atoms with Crippen molar-refractivity contribution >= 4 is 68.1 Å². The van der Waals surface area contributed by atoms with Gasteiger partial charge in [0.2, 0.25) is 0 Å². The molecule has 0 aliphatic carbocycles. The first-order chi connectivity index (χ1) is 9.45. The van der Waals surface area contributed by atoms with Gasteiger partial charge in [-0.3, -0.25) is 0 Å². The van der Waals surface area contributed by atoms with Crippen LogP contribution in [-0.2, 0) is 0 Å². The van der Waals surface area contributed by atoms with E-state index in [1.165, 1.54) is 0 Å². The second-order valence-corrected chi connectivity index (χ2v) is 5.94. The van der Waals surface area contributed by atoms with E-state index in [2.05, 4.69) is 26.6 Å². The van der Waals surface area contributed by atoms with Crippen LogP contribution in [0.2, 0.25) is 15.1 Å². The van der Waals surface area contributed by atoms with E-state index in [4.69, 9.17) is 34.8 Å². The van der Waals surface area contributed by atoms with Crippen LogP contribution in [0.25, 0.3) is 0 Å². The van der Waals surface area contributed by atoms with Crippen LogP contribution in [0.1, 0.15) is 0 Å². The Bertz CT molecular complexity index is 664. The van der Waals surface area contributed by atoms with Gasteiger partial charge in [0.1, 0.15) is 0 Å². The molecule has 3 nitrogen and oxygen atoms in total. The van der Waals surface area contributed by atoms with Crippen molar-refractivity contribution in [3.05, 3.63) is 55.9 Å². The number of hydrogen-bond acceptors (Lipinski definition) is 1. The molecule has 7 heteroatoms. The van der Waals surface area contributed by atoms with E-state index < -0.39 is 6.03 Å². The summed E-state index contributed by atoms with van der Waals surface area (Å²) < 4.78 is 0.755. The van der Waals surface area contributed by atoms with Crippen LogP contribution in [0.5, 0.6) is 0 Å². The molecule has 0 aliphatic rings. The summed E-state index contributed by atoms with van der Waals surface area (Å²) in [5.41, 5.74) is 1.04. The lowest BCUT2D eigenvalue weighted by Crippen LogP contribution is -2.19. The molecule has 0 atom stereocenters. The smallest absolute Gasteiger partial charge is 0.308 e. The summed E-state index contributed by atoms with van der Waals surface area (Å²) in [7, 11) is 0. The van der Waals surface area contributed by atoms with Crippen molar-refractivity contribution in [3.63, 3.8) is 0 Å². The summed E-state index contributed by atoms with van der Waals surface area (Å²) in [6.45, 7) is 0. The third-order valence-electron chi connectivity index (χ3n) is 2.36. The van der Waals surface area contributed by atoms with E-state index in [1.54, 1.807) is 36.4 Å². The maximum atomic E-state index is 11.8. The fourth-order valence-electron chi connectivity index (χ4n) is 1.45. The van der Waals surface area contributed by atoms with Gasteiger partial charge >= 0.3 is 6.03 Å². The minimum absolute atomic E-state index is 0.362. The molecule has 2 aromatic carbocycles. The van der Waals surface area contributed by atoms with Gasteiger partial charge in [-0.25, -0.2) is 4.79 Å². The number of rotatable bonds is 2. The Hall–Kier alpha value is -0.940. The van der Waals surface area contributed by atoms with Crippen molar-refractivity contribution in [2.24, 2.45) is 0 Å². The normalized spacial score (nSPS) is 10.2. The van der Waals surface area contributed by atoms with E-state index in [0.29, 0.717) is 26.4 Å². The maximum absolute atomic E-state index is 11.8. The van der Waals surface area contributed by atoms with E-state index in [-0.39, 0.29) is 0 Å². The molecule has 0 spiro atoms. The first kappa shape index (κ1) is 15.4. The molecule has 0 aliphatic heterocycles. The van der Waals surface area contributed by atoms with Gasteiger partial charge in [0.25, 0.3) is 0 Å². The first-order valence-corrected chi connectivity index (χ1v) is 7.36. The summed E-state index contributed by atoms with van der Waals surface area (Å²) in [5.74, 6) is 0. The highest BCUT2D eigenvalue weighted by molar-refractivity contribution is 9.10. The number of nitrogens with one attached hydrogen (secondary N) is 2. The molecular weight excluding hydrogens is 386 g/mol. The summed E-state index contributed by atoms with van der Waals surface area (Å²) in [6.07, 6.45) is 0. The van der Waals surface area contributed by atoms with Crippen LogP contribution in [0.4, 0.5) is 16.2 Å². The Labute approximate surface area is 139 Å². The van der Waals surface area contributed by atoms with Gasteiger partial charge in [-0.2, -0.15) is 0 Å². The summed E-state index contributed by atoms with van der Waals surface area (Å²) in [6, 6.07) is 9.49. The largest absolute Gasteiger partial charge is 0.323 e. The lowest BCUT2D eigenvalue weighted by molar-refractivity contribution is 0.262. The minimum atomic E-state index is -0.424. The number of halogens is 4. The topological polar surface area (TPSA) is 41.1 Å². The lowest BCUT2D eigenvalue weighted by atomic mass is 10.3. The van der Waals surface area contributed by atoms with Crippen LogP contribution in [-0.4, -0.2) is 6.03 Å². The molecule has 0 unspecified atom stereocenters. The number of urea groups is 1. The molecule has 0 radical (unpaired) electrons. The third kappa shape index (κ3) is 4.03. The Morgan fingerprint density at radius 3 is 2.35 bits per heavy atom. The van der Waals surface area contributed by atoms with Crippen LogP contribution in [0, 0.1) is 0 Å². The van der Waals surface area contributed by atoms with Gasteiger partial charge in [-0.05, 0) is 52.3 Å². The number of anilines is 2. The standard InChI is InChI=1S/C13H8BrCl3N2O/c14-9-3-2-8(6-10(9)16)18-13(20)19-12-4-1-7(15)5-11(12)17/h1-6H,(H2,18,19,20).